The number of benzene rings is 2. The van der Waals surface area contributed by atoms with Gasteiger partial charge >= 0.3 is 5.97 Å². The average molecular weight is 438 g/mol. The van der Waals surface area contributed by atoms with Crippen LogP contribution in [0.4, 0.5) is 4.39 Å². The number of methoxy groups -OCH3 is 2. The number of hydrogen-bond acceptors (Lipinski definition) is 4. The lowest BCUT2D eigenvalue weighted by Crippen LogP contribution is -2.30. The van der Waals surface area contributed by atoms with E-state index in [0.29, 0.717) is 12.0 Å². The average Bonchev–Trinajstić information content (AvgIpc) is 2.65. The maximum absolute atomic E-state index is 13.7. The lowest BCUT2D eigenvalue weighted by Gasteiger charge is -2.18. The van der Waals surface area contributed by atoms with Crippen LogP contribution in [-0.2, 0) is 20.7 Å². The molecule has 2 aromatic carbocycles. The maximum Gasteiger partial charge on any atom is 0.307 e. The quantitative estimate of drug-likeness (QED) is 0.634. The van der Waals surface area contributed by atoms with Crippen LogP contribution in [0.5, 0.6) is 5.75 Å². The molecule has 1 amide bonds. The molecule has 27 heavy (non-hydrogen) atoms. The number of carbonyl (C=O) groups excluding carboxylic acids is 2. The van der Waals surface area contributed by atoms with Gasteiger partial charge in [-0.2, -0.15) is 0 Å². The normalized spacial score (nSPS) is 11.6. The van der Waals surface area contributed by atoms with Gasteiger partial charge in [0.25, 0.3) is 0 Å². The highest BCUT2D eigenvalue weighted by Gasteiger charge is 2.19. The van der Waals surface area contributed by atoms with Crippen molar-refractivity contribution in [3.8, 4) is 5.75 Å². The van der Waals surface area contributed by atoms with Gasteiger partial charge in [-0.1, -0.05) is 34.1 Å². The predicted octanol–water partition coefficient (Wildman–Crippen LogP) is 3.95. The smallest absolute Gasteiger partial charge is 0.307 e. The molecule has 7 heteroatoms. The molecule has 0 aliphatic heterocycles. The van der Waals surface area contributed by atoms with Crippen molar-refractivity contribution in [2.75, 3.05) is 14.2 Å². The summed E-state index contributed by atoms with van der Waals surface area (Å²) in [4.78, 5) is 24.1. The Kier molecular flexibility index (Phi) is 7.79. The Hall–Kier alpha value is -2.41. The van der Waals surface area contributed by atoms with E-state index in [1.54, 1.807) is 6.07 Å². The zero-order valence-electron chi connectivity index (χ0n) is 15.1. The van der Waals surface area contributed by atoms with E-state index >= 15 is 0 Å². The van der Waals surface area contributed by atoms with Gasteiger partial charge in [-0.3, -0.25) is 9.59 Å². The van der Waals surface area contributed by atoms with Crippen molar-refractivity contribution in [3.05, 3.63) is 63.9 Å². The summed E-state index contributed by atoms with van der Waals surface area (Å²) >= 11 is 3.39. The molecule has 0 fully saturated rings. The fraction of sp³-hybridized carbons (Fsp3) is 0.300. The Morgan fingerprint density at radius 2 is 1.96 bits per heavy atom. The van der Waals surface area contributed by atoms with E-state index in [-0.39, 0.29) is 24.5 Å². The summed E-state index contributed by atoms with van der Waals surface area (Å²) in [5.41, 5.74) is 1.48. The first-order chi connectivity index (χ1) is 12.9. The lowest BCUT2D eigenvalue weighted by atomic mass is 10.0. The Labute approximate surface area is 166 Å². The maximum atomic E-state index is 13.7. The third-order valence-corrected chi connectivity index (χ3v) is 4.53. The molecule has 1 N–H and O–H groups in total. The van der Waals surface area contributed by atoms with Gasteiger partial charge in [0.2, 0.25) is 5.91 Å². The first-order valence-corrected chi connectivity index (χ1v) is 9.16. The van der Waals surface area contributed by atoms with Crippen molar-refractivity contribution < 1.29 is 23.5 Å². The number of esters is 1. The van der Waals surface area contributed by atoms with Crippen molar-refractivity contribution >= 4 is 27.8 Å². The third kappa shape index (κ3) is 6.36. The molecule has 1 atom stereocenters. The van der Waals surface area contributed by atoms with Crippen molar-refractivity contribution in [2.24, 2.45) is 0 Å². The van der Waals surface area contributed by atoms with Crippen LogP contribution in [-0.4, -0.2) is 26.1 Å². The minimum Gasteiger partial charge on any atom is -0.494 e. The van der Waals surface area contributed by atoms with Gasteiger partial charge in [0.05, 0.1) is 26.7 Å². The third-order valence-electron chi connectivity index (χ3n) is 4.04. The Bertz CT molecular complexity index is 812. The number of aryl methyl sites for hydroxylation is 1. The molecule has 0 aliphatic rings. The van der Waals surface area contributed by atoms with E-state index < -0.39 is 17.8 Å². The molecule has 5 nitrogen and oxygen atoms in total. The molecule has 0 spiro atoms. The van der Waals surface area contributed by atoms with Gasteiger partial charge in [0.15, 0.2) is 11.6 Å². The number of amides is 1. The first kappa shape index (κ1) is 20.9. The molecule has 2 aromatic rings. The molecule has 0 radical (unpaired) electrons. The van der Waals surface area contributed by atoms with Gasteiger partial charge in [-0.15, -0.1) is 0 Å². The van der Waals surface area contributed by atoms with Gasteiger partial charge in [0, 0.05) is 10.9 Å². The van der Waals surface area contributed by atoms with Crippen LogP contribution in [0.2, 0.25) is 0 Å². The molecule has 0 saturated heterocycles. The molecule has 1 unspecified atom stereocenters. The zero-order valence-corrected chi connectivity index (χ0v) is 16.7. The summed E-state index contributed by atoms with van der Waals surface area (Å²) in [6.07, 6.45) is 0.559. The minimum absolute atomic E-state index is 0.0237. The largest absolute Gasteiger partial charge is 0.494 e. The number of nitrogens with one attached hydrogen (secondary N) is 1. The second-order valence-corrected chi connectivity index (χ2v) is 6.84. The Balaban J connectivity index is 2.02. The van der Waals surface area contributed by atoms with Gasteiger partial charge < -0.3 is 14.8 Å². The number of rotatable bonds is 8. The summed E-state index contributed by atoms with van der Waals surface area (Å²) in [5.74, 6) is -0.957. The standard InChI is InChI=1S/C20H21BrFNO4/c1-26-18-8-6-13(10-16(18)22)7-9-19(24)23-17(12-20(25)27-2)14-4-3-5-15(21)11-14/h3-6,8,10-11,17H,7,9,12H2,1-2H3,(H,23,24). The van der Waals surface area contributed by atoms with E-state index in [0.717, 1.165) is 10.0 Å². The Morgan fingerprint density at radius 1 is 1.19 bits per heavy atom. The van der Waals surface area contributed by atoms with E-state index in [1.165, 1.54) is 26.4 Å². The van der Waals surface area contributed by atoms with Gasteiger partial charge in [0.1, 0.15) is 0 Å². The highest BCUT2D eigenvalue weighted by Crippen LogP contribution is 2.22. The van der Waals surface area contributed by atoms with Crippen molar-refractivity contribution in [2.45, 2.75) is 25.3 Å². The molecule has 2 rings (SSSR count). The number of carbonyl (C=O) groups is 2. The molecule has 0 aliphatic carbocycles. The van der Waals surface area contributed by atoms with E-state index in [4.69, 9.17) is 9.47 Å². The molecular formula is C20H21BrFNO4. The fourth-order valence-electron chi connectivity index (χ4n) is 2.62. The SMILES string of the molecule is COC(=O)CC(NC(=O)CCc1ccc(OC)c(F)c1)c1cccc(Br)c1. The summed E-state index contributed by atoms with van der Waals surface area (Å²) in [6, 6.07) is 11.5. The Morgan fingerprint density at radius 3 is 2.59 bits per heavy atom. The van der Waals surface area contributed by atoms with Crippen LogP contribution in [0.1, 0.15) is 30.0 Å². The lowest BCUT2D eigenvalue weighted by molar-refractivity contribution is -0.141. The first-order valence-electron chi connectivity index (χ1n) is 8.37. The molecule has 144 valence electrons. The van der Waals surface area contributed by atoms with Crippen LogP contribution < -0.4 is 10.1 Å². The molecular weight excluding hydrogens is 417 g/mol. The number of halogens is 2. The summed E-state index contributed by atoms with van der Waals surface area (Å²) in [7, 11) is 2.70. The molecule has 0 heterocycles. The predicted molar refractivity (Wildman–Crippen MR) is 103 cm³/mol. The fourth-order valence-corrected chi connectivity index (χ4v) is 3.03. The molecule has 0 saturated carbocycles. The highest BCUT2D eigenvalue weighted by molar-refractivity contribution is 9.10. The number of ether oxygens (including phenoxy) is 2. The molecule has 0 aromatic heterocycles. The minimum atomic E-state index is -0.505. The highest BCUT2D eigenvalue weighted by atomic mass is 79.9. The van der Waals surface area contributed by atoms with Crippen LogP contribution in [0, 0.1) is 5.82 Å². The molecule has 0 bridgehead atoms. The summed E-state index contributed by atoms with van der Waals surface area (Å²) in [5, 5.41) is 2.85. The summed E-state index contributed by atoms with van der Waals surface area (Å²) in [6.45, 7) is 0. The summed E-state index contributed by atoms with van der Waals surface area (Å²) < 4.78 is 24.2. The van der Waals surface area contributed by atoms with Gasteiger partial charge in [-0.05, 0) is 41.8 Å². The van der Waals surface area contributed by atoms with Crippen LogP contribution >= 0.6 is 15.9 Å². The second kappa shape index (κ2) is 10.1. The van der Waals surface area contributed by atoms with E-state index in [1.807, 2.05) is 24.3 Å². The van der Waals surface area contributed by atoms with Crippen LogP contribution in [0.25, 0.3) is 0 Å². The van der Waals surface area contributed by atoms with Crippen molar-refractivity contribution in [1.29, 1.82) is 0 Å². The van der Waals surface area contributed by atoms with Gasteiger partial charge in [-0.25, -0.2) is 4.39 Å². The number of hydrogen-bond donors (Lipinski definition) is 1. The second-order valence-electron chi connectivity index (χ2n) is 5.92. The van der Waals surface area contributed by atoms with E-state index in [9.17, 15) is 14.0 Å². The van der Waals surface area contributed by atoms with Crippen LogP contribution in [0.15, 0.2) is 46.9 Å². The topological polar surface area (TPSA) is 64.6 Å². The monoisotopic (exact) mass is 437 g/mol. The van der Waals surface area contributed by atoms with Crippen molar-refractivity contribution in [1.82, 2.24) is 5.32 Å². The van der Waals surface area contributed by atoms with E-state index in [2.05, 4.69) is 21.2 Å². The van der Waals surface area contributed by atoms with Crippen molar-refractivity contribution in [3.63, 3.8) is 0 Å². The zero-order chi connectivity index (χ0) is 19.8. The van der Waals surface area contributed by atoms with Crippen LogP contribution in [0.3, 0.4) is 0 Å².